The summed E-state index contributed by atoms with van der Waals surface area (Å²) in [6.45, 7) is 10.6. The quantitative estimate of drug-likeness (QED) is 0.853. The Morgan fingerprint density at radius 1 is 1.27 bits per heavy atom. The fourth-order valence-electron chi connectivity index (χ4n) is 2.89. The lowest BCUT2D eigenvalue weighted by Gasteiger charge is -2.28. The Kier molecular flexibility index (Phi) is 5.17. The van der Waals surface area contributed by atoms with E-state index >= 15 is 0 Å². The third-order valence-electron chi connectivity index (χ3n) is 4.01. The largest absolute Gasteiger partial charge is 0.464 e. The third-order valence-corrected chi connectivity index (χ3v) is 4.01. The normalized spacial score (nSPS) is 18.1. The maximum atomic E-state index is 12.5. The lowest BCUT2D eigenvalue weighted by molar-refractivity contribution is -0.117. The van der Waals surface area contributed by atoms with Gasteiger partial charge in [-0.2, -0.15) is 10.00 Å². The van der Waals surface area contributed by atoms with Crippen molar-refractivity contribution in [3.8, 4) is 0 Å². The van der Waals surface area contributed by atoms with Gasteiger partial charge in [-0.3, -0.25) is 4.79 Å². The average molecular weight is 365 g/mol. The summed E-state index contributed by atoms with van der Waals surface area (Å²) >= 11 is 0. The SMILES string of the molecule is CC(C)(C)OC(=O)N(C(=O)O)c1cc(C2CCC(=O)C2)nn1C(C)(C)C. The third kappa shape index (κ3) is 4.42. The second kappa shape index (κ2) is 6.74. The highest BCUT2D eigenvalue weighted by molar-refractivity contribution is 6.08. The van der Waals surface area contributed by atoms with Gasteiger partial charge in [-0.25, -0.2) is 14.3 Å². The molecule has 144 valence electrons. The van der Waals surface area contributed by atoms with Crippen molar-refractivity contribution in [3.63, 3.8) is 0 Å². The van der Waals surface area contributed by atoms with Crippen molar-refractivity contribution in [2.24, 2.45) is 0 Å². The van der Waals surface area contributed by atoms with Crippen LogP contribution in [-0.4, -0.2) is 38.5 Å². The molecule has 26 heavy (non-hydrogen) atoms. The standard InChI is InChI=1S/C18H27N3O5/c1-17(2,3)21-14(10-13(19-21)11-7-8-12(22)9-11)20(15(23)24)16(25)26-18(4,5)6/h10-11H,7-9H2,1-6H3,(H,23,24). The molecule has 1 aromatic heterocycles. The summed E-state index contributed by atoms with van der Waals surface area (Å²) in [7, 11) is 0. The van der Waals surface area contributed by atoms with Crippen LogP contribution >= 0.6 is 0 Å². The molecule has 1 atom stereocenters. The van der Waals surface area contributed by atoms with Crippen LogP contribution in [0.3, 0.4) is 0 Å². The van der Waals surface area contributed by atoms with Crippen LogP contribution in [-0.2, 0) is 15.1 Å². The van der Waals surface area contributed by atoms with Gasteiger partial charge < -0.3 is 9.84 Å². The summed E-state index contributed by atoms with van der Waals surface area (Å²) in [5.74, 6) is 0.233. The molecule has 1 fully saturated rings. The van der Waals surface area contributed by atoms with Gasteiger partial charge in [0, 0.05) is 24.8 Å². The van der Waals surface area contributed by atoms with Crippen molar-refractivity contribution >= 4 is 23.8 Å². The first kappa shape index (κ1) is 19.9. The number of rotatable bonds is 2. The number of hydrogen-bond donors (Lipinski definition) is 1. The van der Waals surface area contributed by atoms with E-state index in [1.165, 1.54) is 4.68 Å². The van der Waals surface area contributed by atoms with E-state index in [0.717, 1.165) is 0 Å². The molecule has 1 saturated carbocycles. The van der Waals surface area contributed by atoms with Crippen molar-refractivity contribution in [1.82, 2.24) is 9.78 Å². The van der Waals surface area contributed by atoms with Crippen LogP contribution in [0.25, 0.3) is 0 Å². The number of aromatic nitrogens is 2. The number of nitrogens with zero attached hydrogens (tertiary/aromatic N) is 3. The van der Waals surface area contributed by atoms with Gasteiger partial charge in [-0.15, -0.1) is 0 Å². The molecule has 1 unspecified atom stereocenters. The van der Waals surface area contributed by atoms with Crippen LogP contribution in [0.2, 0.25) is 0 Å². The molecule has 8 heteroatoms. The zero-order chi connectivity index (χ0) is 19.9. The smallest absolute Gasteiger partial charge is 0.425 e. The molecule has 0 bridgehead atoms. The summed E-state index contributed by atoms with van der Waals surface area (Å²) < 4.78 is 6.75. The molecule has 2 amide bonds. The van der Waals surface area contributed by atoms with Crippen molar-refractivity contribution in [1.29, 1.82) is 0 Å². The molecule has 1 aromatic rings. The molecule has 1 aliphatic carbocycles. The van der Waals surface area contributed by atoms with Crippen molar-refractivity contribution < 1.29 is 24.2 Å². The van der Waals surface area contributed by atoms with Crippen LogP contribution in [0.1, 0.15) is 72.4 Å². The molecular weight excluding hydrogens is 338 g/mol. The molecule has 0 spiro atoms. The lowest BCUT2D eigenvalue weighted by atomic mass is 10.0. The van der Waals surface area contributed by atoms with E-state index in [2.05, 4.69) is 5.10 Å². The van der Waals surface area contributed by atoms with Crippen molar-refractivity contribution in [2.45, 2.75) is 77.9 Å². The summed E-state index contributed by atoms with van der Waals surface area (Å²) in [6.07, 6.45) is -0.862. The number of carbonyl (C=O) groups is 3. The Hall–Kier alpha value is -2.38. The molecule has 1 aliphatic rings. The predicted octanol–water partition coefficient (Wildman–Crippen LogP) is 3.89. The Morgan fingerprint density at radius 3 is 2.31 bits per heavy atom. The van der Waals surface area contributed by atoms with Crippen LogP contribution < -0.4 is 4.90 Å². The number of amides is 2. The molecule has 0 radical (unpaired) electrons. The average Bonchev–Trinajstić information content (AvgIpc) is 3.02. The molecule has 1 heterocycles. The molecular formula is C18H27N3O5. The number of ether oxygens (including phenoxy) is 1. The first-order chi connectivity index (χ1) is 11.8. The number of carboxylic acid groups (broad SMARTS) is 1. The fourth-order valence-corrected chi connectivity index (χ4v) is 2.89. The Labute approximate surface area is 153 Å². The predicted molar refractivity (Wildman–Crippen MR) is 95.6 cm³/mol. The van der Waals surface area contributed by atoms with Crippen LogP contribution in [0.5, 0.6) is 0 Å². The van der Waals surface area contributed by atoms with Crippen LogP contribution in [0.15, 0.2) is 6.07 Å². The summed E-state index contributed by atoms with van der Waals surface area (Å²) in [4.78, 5) is 36.5. The first-order valence-corrected chi connectivity index (χ1v) is 8.68. The van der Waals surface area contributed by atoms with Crippen LogP contribution in [0.4, 0.5) is 15.4 Å². The second-order valence-electron chi connectivity index (χ2n) is 8.59. The van der Waals surface area contributed by atoms with Gasteiger partial charge in [0.1, 0.15) is 17.2 Å². The maximum Gasteiger partial charge on any atom is 0.425 e. The molecule has 2 rings (SSSR count). The Morgan fingerprint density at radius 2 is 1.88 bits per heavy atom. The van der Waals surface area contributed by atoms with Gasteiger partial charge in [0.25, 0.3) is 0 Å². The first-order valence-electron chi connectivity index (χ1n) is 8.68. The van der Waals surface area contributed by atoms with Gasteiger partial charge in [-0.05, 0) is 48.0 Å². The van der Waals surface area contributed by atoms with Gasteiger partial charge >= 0.3 is 12.2 Å². The molecule has 0 saturated heterocycles. The van der Waals surface area contributed by atoms with Crippen molar-refractivity contribution in [3.05, 3.63) is 11.8 Å². The molecule has 1 N–H and O–H groups in total. The zero-order valence-electron chi connectivity index (χ0n) is 16.2. The number of carbonyl (C=O) groups excluding carboxylic acids is 2. The highest BCUT2D eigenvalue weighted by atomic mass is 16.6. The Balaban J connectivity index is 2.49. The zero-order valence-corrected chi connectivity index (χ0v) is 16.2. The minimum absolute atomic E-state index is 0.0564. The Bertz CT molecular complexity index is 724. The number of ketones is 1. The lowest BCUT2D eigenvalue weighted by Crippen LogP contribution is -2.42. The van der Waals surface area contributed by atoms with E-state index in [9.17, 15) is 19.5 Å². The summed E-state index contributed by atoms with van der Waals surface area (Å²) in [6, 6.07) is 1.58. The summed E-state index contributed by atoms with van der Waals surface area (Å²) in [5.41, 5.74) is -0.778. The number of hydrogen-bond acceptors (Lipinski definition) is 5. The molecule has 0 aromatic carbocycles. The number of Topliss-reactive ketones (excluding diaryl/α,β-unsaturated/α-hetero) is 1. The summed E-state index contributed by atoms with van der Waals surface area (Å²) in [5, 5.41) is 14.2. The van der Waals surface area contributed by atoms with E-state index in [1.54, 1.807) is 26.8 Å². The number of anilines is 1. The molecule has 8 nitrogen and oxygen atoms in total. The minimum Gasteiger partial charge on any atom is -0.464 e. The van der Waals surface area contributed by atoms with Gasteiger partial charge in [0.2, 0.25) is 0 Å². The van der Waals surface area contributed by atoms with Gasteiger partial charge in [-0.1, -0.05) is 0 Å². The highest BCUT2D eigenvalue weighted by Crippen LogP contribution is 2.35. The van der Waals surface area contributed by atoms with E-state index in [0.29, 0.717) is 29.9 Å². The monoisotopic (exact) mass is 365 g/mol. The topological polar surface area (TPSA) is 102 Å². The highest BCUT2D eigenvalue weighted by Gasteiger charge is 2.36. The van der Waals surface area contributed by atoms with Gasteiger partial charge in [0.15, 0.2) is 0 Å². The van der Waals surface area contributed by atoms with Crippen LogP contribution in [0, 0.1) is 0 Å². The van der Waals surface area contributed by atoms with Gasteiger partial charge in [0.05, 0.1) is 11.2 Å². The van der Waals surface area contributed by atoms with Crippen molar-refractivity contribution in [2.75, 3.05) is 4.90 Å². The van der Waals surface area contributed by atoms with E-state index in [-0.39, 0.29) is 17.5 Å². The molecule has 0 aliphatic heterocycles. The minimum atomic E-state index is -1.45. The second-order valence-corrected chi connectivity index (χ2v) is 8.59. The van der Waals surface area contributed by atoms with E-state index in [1.807, 2.05) is 20.8 Å². The maximum absolute atomic E-state index is 12.5. The fraction of sp³-hybridized carbons (Fsp3) is 0.667. The van der Waals surface area contributed by atoms with E-state index in [4.69, 9.17) is 4.74 Å². The van der Waals surface area contributed by atoms with E-state index < -0.39 is 23.3 Å². The number of imide groups is 1.